The molecule has 0 radical (unpaired) electrons. The Hall–Kier alpha value is -2.40. The molecule has 0 aromatic heterocycles. The number of carbonyl (C=O) groups excluding carboxylic acids is 2. The number of carbonyl (C=O) groups is 2. The molecule has 2 rings (SSSR count). The fraction of sp³-hybridized carbons (Fsp3) is 0.176. The molecule has 1 atom stereocenters. The zero-order valence-corrected chi connectivity index (χ0v) is 13.2. The molecule has 23 heavy (non-hydrogen) atoms. The van der Waals surface area contributed by atoms with E-state index >= 15 is 0 Å². The van der Waals surface area contributed by atoms with Gasteiger partial charge in [0.1, 0.15) is 5.82 Å². The maximum Gasteiger partial charge on any atom is 0.226 e. The minimum absolute atomic E-state index is 0.0542. The predicted octanol–water partition coefficient (Wildman–Crippen LogP) is 3.69. The van der Waals surface area contributed by atoms with E-state index in [1.807, 2.05) is 30.3 Å². The molecule has 0 bridgehead atoms. The van der Waals surface area contributed by atoms with Gasteiger partial charge in [-0.3, -0.25) is 9.59 Å². The van der Waals surface area contributed by atoms with E-state index in [1.165, 1.54) is 25.1 Å². The molecular weight excluding hydrogens is 319 g/mol. The van der Waals surface area contributed by atoms with E-state index in [1.54, 1.807) is 0 Å². The third-order valence-electron chi connectivity index (χ3n) is 3.17. The van der Waals surface area contributed by atoms with Crippen molar-refractivity contribution in [3.8, 4) is 0 Å². The Labute approximate surface area is 138 Å². The second-order valence-electron chi connectivity index (χ2n) is 5.04. The first-order valence-corrected chi connectivity index (χ1v) is 7.40. The Morgan fingerprint density at radius 3 is 2.48 bits per heavy atom. The quantitative estimate of drug-likeness (QED) is 0.876. The molecule has 4 nitrogen and oxygen atoms in total. The molecule has 0 aliphatic rings. The lowest BCUT2D eigenvalue weighted by molar-refractivity contribution is -0.120. The van der Waals surface area contributed by atoms with Crippen LogP contribution in [0.5, 0.6) is 0 Å². The molecule has 2 aromatic carbocycles. The maximum atomic E-state index is 13.1. The molecule has 120 valence electrons. The van der Waals surface area contributed by atoms with Crippen molar-refractivity contribution in [2.24, 2.45) is 0 Å². The number of hydrogen-bond acceptors (Lipinski definition) is 2. The van der Waals surface area contributed by atoms with Gasteiger partial charge in [-0.25, -0.2) is 4.39 Å². The first-order valence-electron chi connectivity index (χ1n) is 7.02. The fourth-order valence-corrected chi connectivity index (χ4v) is 2.33. The zero-order chi connectivity index (χ0) is 16.8. The van der Waals surface area contributed by atoms with Crippen LogP contribution in [0.3, 0.4) is 0 Å². The van der Waals surface area contributed by atoms with Crippen LogP contribution in [0.25, 0.3) is 0 Å². The molecule has 1 unspecified atom stereocenters. The summed E-state index contributed by atoms with van der Waals surface area (Å²) >= 11 is 5.68. The van der Waals surface area contributed by atoms with Crippen LogP contribution in [0.1, 0.15) is 24.9 Å². The molecule has 0 saturated carbocycles. The number of hydrogen-bond donors (Lipinski definition) is 2. The van der Waals surface area contributed by atoms with Gasteiger partial charge in [-0.2, -0.15) is 0 Å². The van der Waals surface area contributed by atoms with Crippen LogP contribution < -0.4 is 10.6 Å². The van der Waals surface area contributed by atoms with Gasteiger partial charge >= 0.3 is 0 Å². The van der Waals surface area contributed by atoms with Crippen molar-refractivity contribution in [3.05, 3.63) is 64.9 Å². The van der Waals surface area contributed by atoms with Crippen molar-refractivity contribution >= 4 is 29.1 Å². The van der Waals surface area contributed by atoms with Crippen molar-refractivity contribution in [3.63, 3.8) is 0 Å². The summed E-state index contributed by atoms with van der Waals surface area (Å²) < 4.78 is 13.1. The van der Waals surface area contributed by atoms with Gasteiger partial charge in [0.05, 0.1) is 17.5 Å². The lowest BCUT2D eigenvalue weighted by atomic mass is 10.0. The van der Waals surface area contributed by atoms with Gasteiger partial charge in [-0.15, -0.1) is 0 Å². The monoisotopic (exact) mass is 334 g/mol. The zero-order valence-electron chi connectivity index (χ0n) is 12.5. The molecule has 2 aromatic rings. The number of amides is 2. The number of nitrogens with one attached hydrogen (secondary N) is 2. The minimum atomic E-state index is -0.551. The van der Waals surface area contributed by atoms with Crippen LogP contribution >= 0.6 is 11.6 Å². The van der Waals surface area contributed by atoms with Crippen LogP contribution in [0.4, 0.5) is 10.1 Å². The summed E-state index contributed by atoms with van der Waals surface area (Å²) in [5.74, 6) is -1.09. The number of rotatable bonds is 5. The molecule has 0 heterocycles. The number of halogens is 2. The third kappa shape index (κ3) is 5.07. The van der Waals surface area contributed by atoms with E-state index in [0.717, 1.165) is 5.56 Å². The molecule has 2 N–H and O–H groups in total. The fourth-order valence-electron chi connectivity index (χ4n) is 2.15. The Kier molecular flexibility index (Phi) is 5.71. The molecule has 2 amide bonds. The van der Waals surface area contributed by atoms with E-state index in [-0.39, 0.29) is 23.3 Å². The standard InChI is InChI=1S/C17H16ClFN2O2/c1-11(22)20-16(12-5-3-2-4-6-12)10-17(23)21-13-7-8-15(19)14(18)9-13/h2-9,16H,10H2,1H3,(H,20,22)(H,21,23). The Morgan fingerprint density at radius 1 is 1.17 bits per heavy atom. The van der Waals surface area contributed by atoms with Crippen LogP contribution in [-0.4, -0.2) is 11.8 Å². The Balaban J connectivity index is 2.08. The van der Waals surface area contributed by atoms with Crippen LogP contribution in [0.2, 0.25) is 5.02 Å². The highest BCUT2D eigenvalue weighted by Crippen LogP contribution is 2.21. The lowest BCUT2D eigenvalue weighted by Gasteiger charge is -2.18. The van der Waals surface area contributed by atoms with Crippen LogP contribution in [0, 0.1) is 5.82 Å². The summed E-state index contributed by atoms with van der Waals surface area (Å²) in [4.78, 5) is 23.5. The number of anilines is 1. The summed E-state index contributed by atoms with van der Waals surface area (Å²) in [7, 11) is 0. The second kappa shape index (κ2) is 7.74. The Morgan fingerprint density at radius 2 is 1.87 bits per heavy atom. The highest BCUT2D eigenvalue weighted by Gasteiger charge is 2.17. The second-order valence-corrected chi connectivity index (χ2v) is 5.45. The van der Waals surface area contributed by atoms with Crippen molar-refractivity contribution in [2.75, 3.05) is 5.32 Å². The molecule has 0 saturated heterocycles. The van der Waals surface area contributed by atoms with Crippen molar-refractivity contribution in [1.82, 2.24) is 5.32 Å². The van der Waals surface area contributed by atoms with Gasteiger partial charge in [0.25, 0.3) is 0 Å². The van der Waals surface area contributed by atoms with E-state index in [4.69, 9.17) is 11.6 Å². The summed E-state index contributed by atoms with van der Waals surface area (Å²) in [5.41, 5.74) is 1.23. The highest BCUT2D eigenvalue weighted by atomic mass is 35.5. The van der Waals surface area contributed by atoms with Gasteiger partial charge in [0.15, 0.2) is 0 Å². The summed E-state index contributed by atoms with van der Waals surface area (Å²) in [6.45, 7) is 1.40. The van der Waals surface area contributed by atoms with Crippen LogP contribution in [0.15, 0.2) is 48.5 Å². The average Bonchev–Trinajstić information content (AvgIpc) is 2.51. The van der Waals surface area contributed by atoms with Crippen molar-refractivity contribution < 1.29 is 14.0 Å². The van der Waals surface area contributed by atoms with Gasteiger partial charge < -0.3 is 10.6 Å². The van der Waals surface area contributed by atoms with Gasteiger partial charge in [0, 0.05) is 12.6 Å². The SMILES string of the molecule is CC(=O)NC(CC(=O)Nc1ccc(F)c(Cl)c1)c1ccccc1. The molecule has 6 heteroatoms. The highest BCUT2D eigenvalue weighted by molar-refractivity contribution is 6.31. The van der Waals surface area contributed by atoms with E-state index in [9.17, 15) is 14.0 Å². The Bertz CT molecular complexity index is 707. The van der Waals surface area contributed by atoms with Gasteiger partial charge in [0.2, 0.25) is 11.8 Å². The molecular formula is C17H16ClFN2O2. The first-order chi connectivity index (χ1) is 11.0. The van der Waals surface area contributed by atoms with Crippen molar-refractivity contribution in [1.29, 1.82) is 0 Å². The maximum absolute atomic E-state index is 13.1. The number of benzene rings is 2. The van der Waals surface area contributed by atoms with E-state index in [0.29, 0.717) is 5.69 Å². The molecule has 0 aliphatic heterocycles. The van der Waals surface area contributed by atoms with Gasteiger partial charge in [-0.1, -0.05) is 41.9 Å². The topological polar surface area (TPSA) is 58.2 Å². The molecule has 0 spiro atoms. The summed E-state index contributed by atoms with van der Waals surface area (Å²) in [6.07, 6.45) is 0.0542. The predicted molar refractivity (Wildman–Crippen MR) is 87.7 cm³/mol. The average molecular weight is 335 g/mol. The smallest absolute Gasteiger partial charge is 0.226 e. The summed E-state index contributed by atoms with van der Waals surface area (Å²) in [6, 6.07) is 12.7. The first kappa shape index (κ1) is 17.0. The summed E-state index contributed by atoms with van der Waals surface area (Å²) in [5, 5.41) is 5.32. The largest absolute Gasteiger partial charge is 0.349 e. The van der Waals surface area contributed by atoms with E-state index < -0.39 is 11.9 Å². The van der Waals surface area contributed by atoms with Crippen LogP contribution in [-0.2, 0) is 9.59 Å². The third-order valence-corrected chi connectivity index (χ3v) is 3.46. The van der Waals surface area contributed by atoms with Crippen molar-refractivity contribution in [2.45, 2.75) is 19.4 Å². The lowest BCUT2D eigenvalue weighted by Crippen LogP contribution is -2.29. The van der Waals surface area contributed by atoms with Gasteiger partial charge in [-0.05, 0) is 23.8 Å². The minimum Gasteiger partial charge on any atom is -0.349 e. The molecule has 0 fully saturated rings. The molecule has 0 aliphatic carbocycles. The van der Waals surface area contributed by atoms with E-state index in [2.05, 4.69) is 10.6 Å². The normalized spacial score (nSPS) is 11.6.